The van der Waals surface area contributed by atoms with Crippen LogP contribution >= 0.6 is 11.6 Å². The third-order valence-electron chi connectivity index (χ3n) is 11.7. The molecule has 17 heteroatoms. The number of aromatic nitrogens is 2. The van der Waals surface area contributed by atoms with E-state index in [2.05, 4.69) is 35.5 Å². The number of likely N-dealkylation sites (tertiary alicyclic amines) is 1. The predicted octanol–water partition coefficient (Wildman–Crippen LogP) is 2.53. The molecule has 57 heavy (non-hydrogen) atoms. The minimum atomic E-state index is -0.979. The van der Waals surface area contributed by atoms with Gasteiger partial charge >= 0.3 is 0 Å². The van der Waals surface area contributed by atoms with Crippen LogP contribution in [-0.4, -0.2) is 132 Å². The number of piperidine rings is 2. The number of carbonyl (C=O) groups is 5. The van der Waals surface area contributed by atoms with E-state index in [0.717, 1.165) is 75.1 Å². The number of nitriles is 1. The quantitative estimate of drug-likeness (QED) is 0.302. The maximum Gasteiger partial charge on any atom is 0.262 e. The van der Waals surface area contributed by atoms with Crippen molar-refractivity contribution in [1.29, 1.82) is 5.26 Å². The highest BCUT2D eigenvalue weighted by atomic mass is 35.5. The molecular weight excluding hydrogens is 752 g/mol. The standard InChI is InChI=1S/C40H43ClN10O6/c1-47-23-28(57-27-4-2-25(21-42)31(41)19-27)20-33(47)38(54)43-34-7-8-35(46-45-34)50-12-10-24(11-13-50)22-48-14-16-49(17-15-48)26-3-5-29-30(18-26)40(56)51(39(29)55)32-6-9-36(52)44-37(32)53/h2-5,7-8,18-19,24,28,32-33H,6,9-17,20,22-23H2,1H3,(H,43,45,54)(H,44,52,53)/t28-,32?,33+/m0/s1. The minimum absolute atomic E-state index is 0.0862. The summed E-state index contributed by atoms with van der Waals surface area (Å²) in [6, 6.07) is 14.6. The average Bonchev–Trinajstić information content (AvgIpc) is 3.70. The van der Waals surface area contributed by atoms with Crippen LogP contribution in [0.25, 0.3) is 0 Å². The summed E-state index contributed by atoms with van der Waals surface area (Å²) in [5.74, 6) is 0.0951. The Hall–Kier alpha value is -5.63. The molecule has 1 aromatic heterocycles. The van der Waals surface area contributed by atoms with Gasteiger partial charge in [0, 0.05) is 77.0 Å². The molecule has 8 rings (SSSR count). The summed E-state index contributed by atoms with van der Waals surface area (Å²) >= 11 is 6.15. The second kappa shape index (κ2) is 16.1. The van der Waals surface area contributed by atoms with E-state index in [0.29, 0.717) is 46.6 Å². The number of rotatable bonds is 9. The molecule has 2 aromatic carbocycles. The molecule has 16 nitrogen and oxygen atoms in total. The van der Waals surface area contributed by atoms with Crippen molar-refractivity contribution < 1.29 is 28.7 Å². The van der Waals surface area contributed by atoms with E-state index in [-0.39, 0.29) is 30.4 Å². The van der Waals surface area contributed by atoms with Crippen LogP contribution in [0.3, 0.4) is 0 Å². The van der Waals surface area contributed by atoms with E-state index in [4.69, 9.17) is 21.6 Å². The van der Waals surface area contributed by atoms with Gasteiger partial charge in [0.25, 0.3) is 11.8 Å². The zero-order valence-corrected chi connectivity index (χ0v) is 32.3. The molecule has 296 valence electrons. The van der Waals surface area contributed by atoms with Crippen molar-refractivity contribution in [3.05, 3.63) is 70.2 Å². The van der Waals surface area contributed by atoms with Crippen molar-refractivity contribution in [3.8, 4) is 11.8 Å². The molecule has 2 N–H and O–H groups in total. The highest BCUT2D eigenvalue weighted by Crippen LogP contribution is 2.32. The number of halogens is 1. The van der Waals surface area contributed by atoms with Gasteiger partial charge in [-0.05, 0) is 74.7 Å². The zero-order valence-electron chi connectivity index (χ0n) is 31.5. The maximum absolute atomic E-state index is 13.3. The molecule has 0 aliphatic carbocycles. The molecule has 3 atom stereocenters. The summed E-state index contributed by atoms with van der Waals surface area (Å²) in [4.78, 5) is 73.5. The van der Waals surface area contributed by atoms with Gasteiger partial charge in [-0.1, -0.05) is 11.6 Å². The van der Waals surface area contributed by atoms with Crippen molar-refractivity contribution in [3.63, 3.8) is 0 Å². The van der Waals surface area contributed by atoms with Crippen molar-refractivity contribution in [1.82, 2.24) is 30.2 Å². The first-order chi connectivity index (χ1) is 27.5. The molecule has 4 saturated heterocycles. The number of carbonyl (C=O) groups excluding carboxylic acids is 5. The molecular formula is C40H43ClN10O6. The first kappa shape index (κ1) is 38.3. The highest BCUT2D eigenvalue weighted by Gasteiger charge is 2.45. The second-order valence-electron chi connectivity index (χ2n) is 15.3. The van der Waals surface area contributed by atoms with E-state index in [1.165, 1.54) is 0 Å². The summed E-state index contributed by atoms with van der Waals surface area (Å²) in [6.07, 6.45) is 2.54. The smallest absolute Gasteiger partial charge is 0.262 e. The highest BCUT2D eigenvalue weighted by molar-refractivity contribution is 6.31. The molecule has 1 unspecified atom stereocenters. The molecule has 0 radical (unpaired) electrons. The average molecular weight is 795 g/mol. The number of piperazine rings is 1. The van der Waals surface area contributed by atoms with Crippen LogP contribution in [0.2, 0.25) is 5.02 Å². The number of amides is 5. The van der Waals surface area contributed by atoms with Crippen LogP contribution in [0, 0.1) is 17.2 Å². The van der Waals surface area contributed by atoms with Crippen LogP contribution in [-0.2, 0) is 14.4 Å². The lowest BCUT2D eigenvalue weighted by molar-refractivity contribution is -0.136. The van der Waals surface area contributed by atoms with Crippen LogP contribution in [0.4, 0.5) is 17.3 Å². The van der Waals surface area contributed by atoms with E-state index >= 15 is 0 Å². The number of hydrogen-bond acceptors (Lipinski definition) is 13. The van der Waals surface area contributed by atoms with Crippen molar-refractivity contribution in [2.45, 2.75) is 50.3 Å². The number of anilines is 3. The maximum atomic E-state index is 13.3. The number of ether oxygens (including phenoxy) is 1. The van der Waals surface area contributed by atoms with Crippen molar-refractivity contribution >= 4 is 58.5 Å². The Bertz CT molecular complexity index is 2130. The van der Waals surface area contributed by atoms with E-state index in [9.17, 15) is 24.0 Å². The molecule has 0 spiro atoms. The van der Waals surface area contributed by atoms with Crippen LogP contribution < -0.4 is 25.2 Å². The van der Waals surface area contributed by atoms with Gasteiger partial charge in [-0.25, -0.2) is 0 Å². The number of likely N-dealkylation sites (N-methyl/N-ethyl adjacent to an activating group) is 1. The molecule has 5 amide bonds. The molecule has 3 aromatic rings. The molecule has 6 heterocycles. The van der Waals surface area contributed by atoms with Crippen molar-refractivity contribution in [2.75, 3.05) is 74.5 Å². The first-order valence-corrected chi connectivity index (χ1v) is 19.7. The van der Waals surface area contributed by atoms with Gasteiger partial charge in [0.15, 0.2) is 11.6 Å². The third-order valence-corrected chi connectivity index (χ3v) is 12.0. The van der Waals surface area contributed by atoms with E-state index < -0.39 is 35.7 Å². The van der Waals surface area contributed by atoms with Gasteiger partial charge < -0.3 is 19.9 Å². The normalized spacial score (nSPS) is 23.4. The summed E-state index contributed by atoms with van der Waals surface area (Å²) in [6.45, 7) is 6.61. The Morgan fingerprint density at radius 1 is 0.930 bits per heavy atom. The Balaban J connectivity index is 0.770. The molecule has 0 bridgehead atoms. The number of nitrogens with zero attached hydrogens (tertiary/aromatic N) is 8. The lowest BCUT2D eigenvalue weighted by atomic mass is 9.96. The second-order valence-corrected chi connectivity index (χ2v) is 15.8. The lowest BCUT2D eigenvalue weighted by Gasteiger charge is -2.39. The van der Waals surface area contributed by atoms with Gasteiger partial charge in [-0.3, -0.25) is 44.0 Å². The summed E-state index contributed by atoms with van der Waals surface area (Å²) in [7, 11) is 1.88. The van der Waals surface area contributed by atoms with Gasteiger partial charge in [0.1, 0.15) is 24.0 Å². The fraction of sp³-hybridized carbons (Fsp3) is 0.450. The third kappa shape index (κ3) is 8.00. The van der Waals surface area contributed by atoms with Gasteiger partial charge in [0.05, 0.1) is 27.8 Å². The largest absolute Gasteiger partial charge is 0.489 e. The van der Waals surface area contributed by atoms with Crippen LogP contribution in [0.5, 0.6) is 5.75 Å². The van der Waals surface area contributed by atoms with Crippen LogP contribution in [0.15, 0.2) is 48.5 Å². The molecule has 0 saturated carbocycles. The predicted molar refractivity (Wildman–Crippen MR) is 209 cm³/mol. The fourth-order valence-corrected chi connectivity index (χ4v) is 8.73. The lowest BCUT2D eigenvalue weighted by Crippen LogP contribution is -2.54. The monoisotopic (exact) mass is 794 g/mol. The number of hydrogen-bond donors (Lipinski definition) is 2. The zero-order chi connectivity index (χ0) is 39.8. The van der Waals surface area contributed by atoms with Gasteiger partial charge in [-0.15, -0.1) is 10.2 Å². The summed E-state index contributed by atoms with van der Waals surface area (Å²) < 4.78 is 6.06. The van der Waals surface area contributed by atoms with Crippen molar-refractivity contribution in [2.24, 2.45) is 5.92 Å². The fourth-order valence-electron chi connectivity index (χ4n) is 8.52. The Morgan fingerprint density at radius 3 is 2.40 bits per heavy atom. The van der Waals surface area contributed by atoms with Gasteiger partial charge in [-0.2, -0.15) is 5.26 Å². The van der Waals surface area contributed by atoms with E-state index in [1.807, 2.05) is 30.1 Å². The number of nitrogens with one attached hydrogen (secondary N) is 2. The number of benzene rings is 2. The number of imide groups is 2. The SMILES string of the molecule is CN1C[C@@H](Oc2ccc(C#N)c(Cl)c2)C[C@@H]1C(=O)Nc1ccc(N2CCC(CN3CCN(c4ccc5c(c4)C(=O)N(C4CCC(=O)NC4=O)C5=O)CC3)CC2)nn1. The molecule has 5 aliphatic rings. The van der Waals surface area contributed by atoms with E-state index in [1.54, 1.807) is 36.4 Å². The summed E-state index contributed by atoms with van der Waals surface area (Å²) in [5.41, 5.74) is 1.83. The van der Waals surface area contributed by atoms with Crippen LogP contribution in [0.1, 0.15) is 58.4 Å². The van der Waals surface area contributed by atoms with Gasteiger partial charge in [0.2, 0.25) is 17.7 Å². The minimum Gasteiger partial charge on any atom is -0.489 e. The topological polar surface area (TPSA) is 184 Å². The molecule has 4 fully saturated rings. The summed E-state index contributed by atoms with van der Waals surface area (Å²) in [5, 5.41) is 23.3. The first-order valence-electron chi connectivity index (χ1n) is 19.3. The Kier molecular flexibility index (Phi) is 10.8. The molecule has 5 aliphatic heterocycles. The number of fused-ring (bicyclic) bond motifs is 1. The Labute approximate surface area is 334 Å². The Morgan fingerprint density at radius 2 is 1.70 bits per heavy atom.